The van der Waals surface area contributed by atoms with E-state index in [9.17, 15) is 13.2 Å². The quantitative estimate of drug-likeness (QED) is 0.525. The van der Waals surface area contributed by atoms with Crippen LogP contribution < -0.4 is 5.32 Å². The van der Waals surface area contributed by atoms with E-state index in [0.717, 1.165) is 51.7 Å². The van der Waals surface area contributed by atoms with Crippen molar-refractivity contribution in [3.63, 3.8) is 0 Å². The number of thiophene rings is 1. The van der Waals surface area contributed by atoms with Crippen molar-refractivity contribution in [2.75, 3.05) is 13.1 Å². The van der Waals surface area contributed by atoms with Crippen LogP contribution in [0.25, 0.3) is 11.3 Å². The van der Waals surface area contributed by atoms with Gasteiger partial charge in [-0.1, -0.05) is 30.2 Å². The maximum absolute atomic E-state index is 13.0. The van der Waals surface area contributed by atoms with Crippen molar-refractivity contribution >= 4 is 50.2 Å². The maximum atomic E-state index is 13.0. The van der Waals surface area contributed by atoms with Crippen molar-refractivity contribution in [3.8, 4) is 11.3 Å². The zero-order valence-corrected chi connectivity index (χ0v) is 20.1. The van der Waals surface area contributed by atoms with Gasteiger partial charge in [0, 0.05) is 28.6 Å². The molecule has 0 unspecified atom stereocenters. The molecule has 1 saturated heterocycles. The minimum atomic E-state index is -3.66. The highest BCUT2D eigenvalue weighted by Crippen LogP contribution is 2.30. The Labute approximate surface area is 194 Å². The molecule has 1 N–H and O–H groups in total. The average molecular weight is 496 g/mol. The number of aromatic nitrogens is 1. The molecule has 31 heavy (non-hydrogen) atoms. The molecule has 0 radical (unpaired) electrons. The van der Waals surface area contributed by atoms with Crippen molar-refractivity contribution in [3.05, 3.63) is 55.5 Å². The van der Waals surface area contributed by atoms with E-state index in [1.807, 2.05) is 31.2 Å². The van der Waals surface area contributed by atoms with Gasteiger partial charge in [-0.15, -0.1) is 22.7 Å². The van der Waals surface area contributed by atoms with Crippen molar-refractivity contribution in [1.29, 1.82) is 0 Å². The molecule has 3 heterocycles. The van der Waals surface area contributed by atoms with E-state index < -0.39 is 15.9 Å². The number of aryl methyl sites for hydroxylation is 1. The Morgan fingerprint density at radius 3 is 2.58 bits per heavy atom. The number of amides is 1. The summed E-state index contributed by atoms with van der Waals surface area (Å²) in [6.07, 6.45) is 2.74. The van der Waals surface area contributed by atoms with Crippen LogP contribution in [-0.2, 0) is 16.6 Å². The predicted octanol–water partition coefficient (Wildman–Crippen LogP) is 4.94. The second-order valence-corrected chi connectivity index (χ2v) is 11.8. The van der Waals surface area contributed by atoms with Gasteiger partial charge in [0.15, 0.2) is 0 Å². The number of sulfonamides is 1. The molecule has 10 heteroatoms. The molecule has 1 aromatic carbocycles. The smallest absolute Gasteiger partial charge is 0.263 e. The molecule has 1 aliphatic rings. The molecule has 0 atom stereocenters. The van der Waals surface area contributed by atoms with Crippen LogP contribution >= 0.6 is 34.3 Å². The molecule has 1 aliphatic heterocycles. The Morgan fingerprint density at radius 2 is 1.87 bits per heavy atom. The Morgan fingerprint density at radius 1 is 1.16 bits per heavy atom. The van der Waals surface area contributed by atoms with Crippen LogP contribution in [0.3, 0.4) is 0 Å². The minimum Gasteiger partial charge on any atom is -0.345 e. The lowest BCUT2D eigenvalue weighted by molar-refractivity contribution is 0.0951. The van der Waals surface area contributed by atoms with Gasteiger partial charge in [0.2, 0.25) is 10.0 Å². The summed E-state index contributed by atoms with van der Waals surface area (Å²) in [5, 5.41) is 5.90. The lowest BCUT2D eigenvalue weighted by Gasteiger charge is -2.25. The van der Waals surface area contributed by atoms with Gasteiger partial charge in [-0.2, -0.15) is 4.31 Å². The monoisotopic (exact) mass is 495 g/mol. The van der Waals surface area contributed by atoms with Crippen LogP contribution in [0.4, 0.5) is 0 Å². The van der Waals surface area contributed by atoms with E-state index in [-0.39, 0.29) is 16.3 Å². The van der Waals surface area contributed by atoms with Crippen LogP contribution in [0.1, 0.15) is 38.8 Å². The summed E-state index contributed by atoms with van der Waals surface area (Å²) in [6.45, 7) is 3.23. The molecule has 3 aromatic rings. The fourth-order valence-electron chi connectivity index (χ4n) is 3.55. The van der Waals surface area contributed by atoms with E-state index in [0.29, 0.717) is 18.1 Å². The highest BCUT2D eigenvalue weighted by atomic mass is 35.5. The standard InChI is InChI=1S/C21H22ClN3O3S3/c1-14-19(15-5-7-16(22)8-6-15)24-18(30-14)13-23-21(26)20-17(9-12-29-20)31(27,28)25-10-3-2-4-11-25/h5-9,12H,2-4,10-11,13H2,1H3,(H,23,26). The number of carbonyl (C=O) groups excluding carboxylic acids is 1. The molecule has 6 nitrogen and oxygen atoms in total. The molecule has 0 aliphatic carbocycles. The van der Waals surface area contributed by atoms with E-state index in [4.69, 9.17) is 11.6 Å². The zero-order valence-electron chi connectivity index (χ0n) is 16.9. The summed E-state index contributed by atoms with van der Waals surface area (Å²) >= 11 is 8.61. The summed E-state index contributed by atoms with van der Waals surface area (Å²) in [6, 6.07) is 8.98. The number of thiazole rings is 1. The Balaban J connectivity index is 1.48. The summed E-state index contributed by atoms with van der Waals surface area (Å²) in [5.74, 6) is -0.397. The van der Waals surface area contributed by atoms with Gasteiger partial charge in [-0.05, 0) is 43.3 Å². The number of carbonyl (C=O) groups is 1. The lowest BCUT2D eigenvalue weighted by Crippen LogP contribution is -2.36. The largest absolute Gasteiger partial charge is 0.345 e. The predicted molar refractivity (Wildman–Crippen MR) is 125 cm³/mol. The van der Waals surface area contributed by atoms with Gasteiger partial charge < -0.3 is 5.32 Å². The topological polar surface area (TPSA) is 79.4 Å². The van der Waals surface area contributed by atoms with Gasteiger partial charge in [0.25, 0.3) is 5.91 Å². The molecule has 2 aromatic heterocycles. The first-order valence-corrected chi connectivity index (χ1v) is 13.5. The molecule has 0 bridgehead atoms. The van der Waals surface area contributed by atoms with Gasteiger partial charge in [-0.3, -0.25) is 4.79 Å². The summed E-state index contributed by atoms with van der Waals surface area (Å²) in [5.41, 5.74) is 1.82. The summed E-state index contributed by atoms with van der Waals surface area (Å²) < 4.78 is 27.5. The third-order valence-corrected chi connectivity index (χ3v) is 9.33. The zero-order chi connectivity index (χ0) is 22.0. The highest BCUT2D eigenvalue weighted by molar-refractivity contribution is 7.89. The Kier molecular flexibility index (Phi) is 6.78. The molecule has 0 saturated carbocycles. The van der Waals surface area contributed by atoms with Gasteiger partial charge in [-0.25, -0.2) is 13.4 Å². The van der Waals surface area contributed by atoms with Crippen molar-refractivity contribution in [2.45, 2.75) is 37.6 Å². The van der Waals surface area contributed by atoms with Crippen LogP contribution in [0.15, 0.2) is 40.6 Å². The van der Waals surface area contributed by atoms with Crippen molar-refractivity contribution in [2.24, 2.45) is 0 Å². The molecular weight excluding hydrogens is 474 g/mol. The lowest BCUT2D eigenvalue weighted by atomic mass is 10.1. The minimum absolute atomic E-state index is 0.0917. The number of halogens is 1. The molecular formula is C21H22ClN3O3S3. The number of nitrogens with zero attached hydrogens (tertiary/aromatic N) is 2. The normalized spacial score (nSPS) is 15.2. The fourth-order valence-corrected chi connectivity index (χ4v) is 7.40. The summed E-state index contributed by atoms with van der Waals surface area (Å²) in [7, 11) is -3.66. The Hall–Kier alpha value is -1.78. The third-order valence-electron chi connectivity index (χ3n) is 5.13. The van der Waals surface area contributed by atoms with E-state index in [2.05, 4.69) is 10.3 Å². The number of rotatable bonds is 6. The van der Waals surface area contributed by atoms with Gasteiger partial charge in [0.1, 0.15) is 14.8 Å². The van der Waals surface area contributed by atoms with Crippen molar-refractivity contribution in [1.82, 2.24) is 14.6 Å². The SMILES string of the molecule is Cc1sc(CNC(=O)c2sccc2S(=O)(=O)N2CCCCC2)nc1-c1ccc(Cl)cc1. The van der Waals surface area contributed by atoms with Crippen molar-refractivity contribution < 1.29 is 13.2 Å². The number of nitrogens with one attached hydrogen (secondary N) is 1. The van der Waals surface area contributed by atoms with E-state index >= 15 is 0 Å². The number of piperidine rings is 1. The highest BCUT2D eigenvalue weighted by Gasteiger charge is 2.31. The molecule has 1 amide bonds. The van der Waals surface area contributed by atoms with Gasteiger partial charge >= 0.3 is 0 Å². The maximum Gasteiger partial charge on any atom is 0.263 e. The number of benzene rings is 1. The molecule has 0 spiro atoms. The van der Waals surface area contributed by atoms with Crippen LogP contribution in [0.2, 0.25) is 5.02 Å². The van der Waals surface area contributed by atoms with Crippen LogP contribution in [0.5, 0.6) is 0 Å². The summed E-state index contributed by atoms with van der Waals surface area (Å²) in [4.78, 5) is 18.8. The number of hydrogen-bond acceptors (Lipinski definition) is 6. The van der Waals surface area contributed by atoms with E-state index in [1.54, 1.807) is 5.38 Å². The third kappa shape index (κ3) is 4.85. The second-order valence-electron chi connectivity index (χ2n) is 7.28. The second kappa shape index (κ2) is 9.38. The molecule has 1 fully saturated rings. The first kappa shape index (κ1) is 22.4. The first-order valence-electron chi connectivity index (χ1n) is 9.94. The van der Waals surface area contributed by atoms with E-state index in [1.165, 1.54) is 21.7 Å². The molecule has 4 rings (SSSR count). The van der Waals surface area contributed by atoms with Crippen LogP contribution in [-0.4, -0.2) is 36.7 Å². The Bertz CT molecular complexity index is 1180. The first-order chi connectivity index (χ1) is 14.9. The molecule has 164 valence electrons. The van der Waals surface area contributed by atoms with Gasteiger partial charge in [0.05, 0.1) is 12.2 Å². The number of hydrogen-bond donors (Lipinski definition) is 1. The average Bonchev–Trinajstić information content (AvgIpc) is 3.41. The van der Waals surface area contributed by atoms with Crippen LogP contribution in [0, 0.1) is 6.92 Å². The fraction of sp³-hybridized carbons (Fsp3) is 0.333.